The molecule has 0 aliphatic heterocycles. The van der Waals surface area contributed by atoms with Crippen molar-refractivity contribution in [2.75, 3.05) is 0 Å². The fourth-order valence-corrected chi connectivity index (χ4v) is 1.83. The van der Waals surface area contributed by atoms with Crippen molar-refractivity contribution < 1.29 is 14.7 Å². The fourth-order valence-electron chi connectivity index (χ4n) is 1.59. The number of Topliss-reactive ketones (excluding diaryl/α,β-unsaturated/α-hetero) is 1. The Morgan fingerprint density at radius 2 is 1.78 bits per heavy atom. The number of rotatable bonds is 6. The molecule has 1 aromatic rings. The average Bonchev–Trinajstić information content (AvgIpc) is 2.35. The minimum Gasteiger partial charge on any atom is -0.481 e. The van der Waals surface area contributed by atoms with Gasteiger partial charge in [-0.3, -0.25) is 9.59 Å². The fraction of sp³-hybridized carbons (Fsp3) is 0.429. The number of carboxylic acid groups (broad SMARTS) is 1. The highest BCUT2D eigenvalue weighted by molar-refractivity contribution is 6.33. The molecule has 0 radical (unpaired) electrons. The minimum atomic E-state index is -0.941. The van der Waals surface area contributed by atoms with Crippen LogP contribution in [-0.2, 0) is 4.79 Å². The number of carbonyl (C=O) groups excluding carboxylic acids is 1. The number of carbonyl (C=O) groups is 2. The molecule has 1 atom stereocenters. The number of halogens is 1. The summed E-state index contributed by atoms with van der Waals surface area (Å²) < 4.78 is 0. The molecule has 0 saturated heterocycles. The molecule has 0 bridgehead atoms. The maximum Gasteiger partial charge on any atom is 0.303 e. The van der Waals surface area contributed by atoms with Crippen LogP contribution in [0.5, 0.6) is 0 Å². The van der Waals surface area contributed by atoms with Gasteiger partial charge >= 0.3 is 5.97 Å². The molecule has 0 saturated carbocycles. The third-order valence-corrected chi connectivity index (χ3v) is 3.17. The Morgan fingerprint density at radius 1 is 1.22 bits per heavy atom. The molecule has 0 fully saturated rings. The molecule has 1 rings (SSSR count). The van der Waals surface area contributed by atoms with Crippen molar-refractivity contribution in [3.63, 3.8) is 0 Å². The predicted molar refractivity (Wildman–Crippen MR) is 71.4 cm³/mol. The van der Waals surface area contributed by atoms with E-state index in [1.54, 1.807) is 12.1 Å². The number of alkyl halides is 1. The largest absolute Gasteiger partial charge is 0.481 e. The van der Waals surface area contributed by atoms with Gasteiger partial charge in [0.2, 0.25) is 0 Å². The minimum absolute atomic E-state index is 0.0933. The molecule has 98 valence electrons. The lowest BCUT2D eigenvalue weighted by molar-refractivity contribution is -0.137. The Labute approximate surface area is 112 Å². The first-order valence-electron chi connectivity index (χ1n) is 5.92. The van der Waals surface area contributed by atoms with E-state index in [1.807, 2.05) is 12.1 Å². The van der Waals surface area contributed by atoms with Crippen LogP contribution in [0.25, 0.3) is 0 Å². The summed E-state index contributed by atoms with van der Waals surface area (Å²) in [6.07, 6.45) is 0.0611. The van der Waals surface area contributed by atoms with Crippen LogP contribution in [0.15, 0.2) is 24.3 Å². The Balaban J connectivity index is 2.68. The summed E-state index contributed by atoms with van der Waals surface area (Å²) >= 11 is 5.90. The van der Waals surface area contributed by atoms with Gasteiger partial charge < -0.3 is 5.11 Å². The van der Waals surface area contributed by atoms with Crippen molar-refractivity contribution in [3.8, 4) is 0 Å². The zero-order valence-corrected chi connectivity index (χ0v) is 11.3. The van der Waals surface area contributed by atoms with E-state index in [9.17, 15) is 9.59 Å². The SMILES string of the molecule is CC(C)c1ccc(C(=O)C(Cl)CCC(=O)O)cc1. The average molecular weight is 269 g/mol. The van der Waals surface area contributed by atoms with Crippen LogP contribution < -0.4 is 0 Å². The number of hydrogen-bond donors (Lipinski definition) is 1. The second-order valence-electron chi connectivity index (χ2n) is 4.54. The van der Waals surface area contributed by atoms with Crippen LogP contribution in [0.1, 0.15) is 48.5 Å². The summed E-state index contributed by atoms with van der Waals surface area (Å²) in [6, 6.07) is 7.29. The summed E-state index contributed by atoms with van der Waals surface area (Å²) in [5.41, 5.74) is 1.69. The highest BCUT2D eigenvalue weighted by atomic mass is 35.5. The number of aliphatic carboxylic acids is 1. The number of carboxylic acids is 1. The zero-order valence-electron chi connectivity index (χ0n) is 10.5. The molecule has 4 heteroatoms. The first-order chi connectivity index (χ1) is 8.41. The Hall–Kier alpha value is -1.35. The van der Waals surface area contributed by atoms with Crippen LogP contribution >= 0.6 is 11.6 Å². The van der Waals surface area contributed by atoms with E-state index in [0.717, 1.165) is 5.56 Å². The van der Waals surface area contributed by atoms with Crippen LogP contribution in [0.4, 0.5) is 0 Å². The summed E-state index contributed by atoms with van der Waals surface area (Å²) in [5, 5.41) is 7.77. The van der Waals surface area contributed by atoms with Crippen LogP contribution in [0, 0.1) is 0 Å². The molecule has 0 spiro atoms. The number of ketones is 1. The van der Waals surface area contributed by atoms with Gasteiger partial charge in [0.25, 0.3) is 0 Å². The van der Waals surface area contributed by atoms with Gasteiger partial charge in [-0.05, 0) is 17.9 Å². The zero-order chi connectivity index (χ0) is 13.7. The normalized spacial score (nSPS) is 12.4. The second kappa shape index (κ2) is 6.55. The van der Waals surface area contributed by atoms with E-state index in [0.29, 0.717) is 11.5 Å². The van der Waals surface area contributed by atoms with E-state index >= 15 is 0 Å². The van der Waals surface area contributed by atoms with Gasteiger partial charge in [0.1, 0.15) is 0 Å². The number of hydrogen-bond acceptors (Lipinski definition) is 2. The van der Waals surface area contributed by atoms with E-state index < -0.39 is 11.3 Å². The van der Waals surface area contributed by atoms with Crippen molar-refractivity contribution in [1.82, 2.24) is 0 Å². The van der Waals surface area contributed by atoms with E-state index in [1.165, 1.54) is 0 Å². The maximum atomic E-state index is 11.9. The topological polar surface area (TPSA) is 54.4 Å². The van der Waals surface area contributed by atoms with Gasteiger partial charge in [0.05, 0.1) is 5.38 Å². The maximum absolute atomic E-state index is 11.9. The van der Waals surface area contributed by atoms with Gasteiger partial charge in [-0.1, -0.05) is 38.1 Å². The highest BCUT2D eigenvalue weighted by Gasteiger charge is 2.18. The monoisotopic (exact) mass is 268 g/mol. The summed E-state index contributed by atoms with van der Waals surface area (Å²) in [7, 11) is 0. The Bertz CT molecular complexity index is 423. The van der Waals surface area contributed by atoms with Gasteiger partial charge in [-0.25, -0.2) is 0 Å². The molecule has 3 nitrogen and oxygen atoms in total. The Morgan fingerprint density at radius 3 is 2.22 bits per heavy atom. The summed E-state index contributed by atoms with van der Waals surface area (Å²) in [4.78, 5) is 22.3. The lowest BCUT2D eigenvalue weighted by atomic mass is 9.99. The second-order valence-corrected chi connectivity index (χ2v) is 5.07. The van der Waals surface area contributed by atoms with Crippen molar-refractivity contribution in [2.24, 2.45) is 0 Å². The van der Waals surface area contributed by atoms with Gasteiger partial charge in [-0.2, -0.15) is 0 Å². The van der Waals surface area contributed by atoms with Gasteiger partial charge in [0.15, 0.2) is 5.78 Å². The van der Waals surface area contributed by atoms with Gasteiger partial charge in [-0.15, -0.1) is 11.6 Å². The Kier molecular flexibility index (Phi) is 5.35. The quantitative estimate of drug-likeness (QED) is 0.635. The molecule has 18 heavy (non-hydrogen) atoms. The van der Waals surface area contributed by atoms with Crippen molar-refractivity contribution in [3.05, 3.63) is 35.4 Å². The molecule has 1 unspecified atom stereocenters. The molecular weight excluding hydrogens is 252 g/mol. The third kappa shape index (κ3) is 4.15. The van der Waals surface area contributed by atoms with E-state index in [-0.39, 0.29) is 18.6 Å². The van der Waals surface area contributed by atoms with E-state index in [4.69, 9.17) is 16.7 Å². The molecule has 0 aliphatic carbocycles. The number of benzene rings is 1. The summed E-state index contributed by atoms with van der Waals surface area (Å²) in [6.45, 7) is 4.15. The van der Waals surface area contributed by atoms with Crippen LogP contribution in [-0.4, -0.2) is 22.2 Å². The predicted octanol–water partition coefficient (Wildman–Crippen LogP) is 3.46. The standard InChI is InChI=1S/C14H17ClO3/c1-9(2)10-3-5-11(6-4-10)14(18)12(15)7-8-13(16)17/h3-6,9,12H,7-8H2,1-2H3,(H,16,17). The van der Waals surface area contributed by atoms with Gasteiger partial charge in [0, 0.05) is 12.0 Å². The third-order valence-electron chi connectivity index (χ3n) is 2.76. The van der Waals surface area contributed by atoms with Crippen LogP contribution in [0.3, 0.4) is 0 Å². The van der Waals surface area contributed by atoms with Crippen molar-refractivity contribution >= 4 is 23.4 Å². The van der Waals surface area contributed by atoms with Crippen LogP contribution in [0.2, 0.25) is 0 Å². The molecular formula is C14H17ClO3. The molecule has 0 amide bonds. The van der Waals surface area contributed by atoms with Crippen molar-refractivity contribution in [2.45, 2.75) is 38.0 Å². The molecule has 0 aliphatic rings. The molecule has 1 N–H and O–H groups in total. The first kappa shape index (κ1) is 14.7. The lowest BCUT2D eigenvalue weighted by Gasteiger charge is -2.09. The van der Waals surface area contributed by atoms with Crippen molar-refractivity contribution in [1.29, 1.82) is 0 Å². The molecule has 1 aromatic carbocycles. The highest BCUT2D eigenvalue weighted by Crippen LogP contribution is 2.18. The van der Waals surface area contributed by atoms with E-state index in [2.05, 4.69) is 13.8 Å². The summed E-state index contributed by atoms with van der Waals surface area (Å²) in [5.74, 6) is -0.746. The molecule has 0 heterocycles. The smallest absolute Gasteiger partial charge is 0.303 e. The molecule has 0 aromatic heterocycles. The first-order valence-corrected chi connectivity index (χ1v) is 6.35. The lowest BCUT2D eigenvalue weighted by Crippen LogP contribution is -2.16.